The van der Waals surface area contributed by atoms with Gasteiger partial charge in [0.05, 0.1) is 17.8 Å². The van der Waals surface area contributed by atoms with Crippen molar-refractivity contribution >= 4 is 11.6 Å². The Kier molecular flexibility index (Phi) is 4.42. The number of imidazole rings is 1. The Balaban J connectivity index is 1.36. The Hall–Kier alpha value is -3.48. The molecule has 0 aromatic carbocycles. The first-order valence-corrected chi connectivity index (χ1v) is 8.76. The number of pyridine rings is 2. The number of amides is 1. The van der Waals surface area contributed by atoms with Crippen molar-refractivity contribution in [2.24, 2.45) is 0 Å². The van der Waals surface area contributed by atoms with Crippen molar-refractivity contribution in [1.29, 1.82) is 0 Å². The molecular formula is C20H20N6O. The molecule has 4 aromatic heterocycles. The third kappa shape index (κ3) is 3.72. The van der Waals surface area contributed by atoms with Crippen LogP contribution in [-0.4, -0.2) is 30.1 Å². The molecule has 0 aliphatic heterocycles. The molecule has 4 aromatic rings. The molecule has 4 heterocycles. The van der Waals surface area contributed by atoms with E-state index >= 15 is 0 Å². The number of fused-ring (bicyclic) bond motifs is 1. The molecule has 1 N–H and O–H groups in total. The predicted octanol–water partition coefficient (Wildman–Crippen LogP) is 2.39. The number of hydrogen-bond donors (Lipinski definition) is 1. The molecule has 136 valence electrons. The molecule has 0 radical (unpaired) electrons. The van der Waals surface area contributed by atoms with Crippen molar-refractivity contribution in [1.82, 2.24) is 29.5 Å². The lowest BCUT2D eigenvalue weighted by atomic mass is 10.2. The van der Waals surface area contributed by atoms with Gasteiger partial charge < -0.3 is 9.72 Å². The van der Waals surface area contributed by atoms with Crippen LogP contribution in [0.5, 0.6) is 0 Å². The number of carbonyl (C=O) groups is 1. The lowest BCUT2D eigenvalue weighted by molar-refractivity contribution is -0.120. The van der Waals surface area contributed by atoms with Crippen LogP contribution in [0.25, 0.3) is 11.5 Å². The third-order valence-corrected chi connectivity index (χ3v) is 4.28. The number of nitrogens with zero attached hydrogens (tertiary/aromatic N) is 5. The second-order valence-electron chi connectivity index (χ2n) is 6.52. The number of aryl methyl sites for hydroxylation is 2. The average Bonchev–Trinajstić information content (AvgIpc) is 3.22. The molecular weight excluding hydrogens is 340 g/mol. The van der Waals surface area contributed by atoms with E-state index in [1.807, 2.05) is 67.0 Å². The van der Waals surface area contributed by atoms with E-state index in [0.29, 0.717) is 6.54 Å². The van der Waals surface area contributed by atoms with Crippen LogP contribution in [0.3, 0.4) is 0 Å². The maximum Gasteiger partial charge on any atom is 0.226 e. The summed E-state index contributed by atoms with van der Waals surface area (Å²) >= 11 is 0. The number of aromatic nitrogens is 5. The Morgan fingerprint density at radius 2 is 2.07 bits per heavy atom. The minimum absolute atomic E-state index is 0.0685. The summed E-state index contributed by atoms with van der Waals surface area (Å²) in [5.74, 6) is 0.696. The zero-order valence-corrected chi connectivity index (χ0v) is 15.3. The SMILES string of the molecule is Cc1cc(C)n(-c2ccc(CNC(=O)Cc3cn4ccccc4n3)cn2)n1. The number of rotatable bonds is 5. The van der Waals surface area contributed by atoms with Crippen molar-refractivity contribution in [2.45, 2.75) is 26.8 Å². The van der Waals surface area contributed by atoms with E-state index in [9.17, 15) is 4.79 Å². The topological polar surface area (TPSA) is 77.1 Å². The highest BCUT2D eigenvalue weighted by atomic mass is 16.1. The van der Waals surface area contributed by atoms with Gasteiger partial charge in [0.2, 0.25) is 5.91 Å². The van der Waals surface area contributed by atoms with Gasteiger partial charge in [-0.3, -0.25) is 4.79 Å². The van der Waals surface area contributed by atoms with Gasteiger partial charge in [-0.15, -0.1) is 0 Å². The number of nitrogens with one attached hydrogen (secondary N) is 1. The van der Waals surface area contributed by atoms with Gasteiger partial charge in [-0.25, -0.2) is 14.6 Å². The van der Waals surface area contributed by atoms with Crippen LogP contribution in [0.1, 0.15) is 22.6 Å². The molecule has 0 aliphatic rings. The summed E-state index contributed by atoms with van der Waals surface area (Å²) in [4.78, 5) is 21.1. The number of hydrogen-bond acceptors (Lipinski definition) is 4. The summed E-state index contributed by atoms with van der Waals surface area (Å²) in [6, 6.07) is 11.6. The van der Waals surface area contributed by atoms with Crippen LogP contribution in [0.15, 0.2) is 55.0 Å². The first-order chi connectivity index (χ1) is 13.1. The molecule has 1 amide bonds. The molecule has 4 rings (SSSR count). The largest absolute Gasteiger partial charge is 0.352 e. The molecule has 7 nitrogen and oxygen atoms in total. The third-order valence-electron chi connectivity index (χ3n) is 4.28. The first kappa shape index (κ1) is 17.0. The van der Waals surface area contributed by atoms with Crippen LogP contribution in [0.2, 0.25) is 0 Å². The van der Waals surface area contributed by atoms with Gasteiger partial charge >= 0.3 is 0 Å². The van der Waals surface area contributed by atoms with E-state index < -0.39 is 0 Å². The fraction of sp³-hybridized carbons (Fsp3) is 0.200. The molecule has 0 saturated carbocycles. The molecule has 0 unspecified atom stereocenters. The summed E-state index contributed by atoms with van der Waals surface area (Å²) in [5.41, 5.74) is 4.51. The second-order valence-corrected chi connectivity index (χ2v) is 6.52. The molecule has 27 heavy (non-hydrogen) atoms. The Bertz CT molecular complexity index is 1060. The molecule has 0 atom stereocenters. The van der Waals surface area contributed by atoms with Crippen molar-refractivity contribution in [3.63, 3.8) is 0 Å². The van der Waals surface area contributed by atoms with Gasteiger partial charge in [0.25, 0.3) is 0 Å². The molecule has 0 bridgehead atoms. The minimum atomic E-state index is -0.0685. The zero-order valence-electron chi connectivity index (χ0n) is 15.3. The van der Waals surface area contributed by atoms with E-state index in [-0.39, 0.29) is 12.3 Å². The smallest absolute Gasteiger partial charge is 0.226 e. The van der Waals surface area contributed by atoms with Gasteiger partial charge in [-0.05, 0) is 43.7 Å². The molecule has 0 spiro atoms. The normalized spacial score (nSPS) is 11.0. The summed E-state index contributed by atoms with van der Waals surface area (Å²) in [6.07, 6.45) is 5.80. The molecule has 0 aliphatic carbocycles. The highest BCUT2D eigenvalue weighted by Gasteiger charge is 2.08. The van der Waals surface area contributed by atoms with Crippen LogP contribution in [0.4, 0.5) is 0 Å². The average molecular weight is 360 g/mol. The maximum atomic E-state index is 12.2. The van der Waals surface area contributed by atoms with E-state index in [1.165, 1.54) is 0 Å². The van der Waals surface area contributed by atoms with Crippen LogP contribution in [-0.2, 0) is 17.8 Å². The Morgan fingerprint density at radius 3 is 2.78 bits per heavy atom. The quantitative estimate of drug-likeness (QED) is 0.593. The van der Waals surface area contributed by atoms with Gasteiger partial charge in [-0.2, -0.15) is 5.10 Å². The lowest BCUT2D eigenvalue weighted by Crippen LogP contribution is -2.24. The standard InChI is InChI=1S/C20H20N6O/c1-14-9-15(2)26(24-14)18-7-6-16(11-21-18)12-22-20(27)10-17-13-25-8-4-3-5-19(25)23-17/h3-9,11,13H,10,12H2,1-2H3,(H,22,27). The fourth-order valence-electron chi connectivity index (χ4n) is 3.01. The van der Waals surface area contributed by atoms with E-state index in [2.05, 4.69) is 20.4 Å². The van der Waals surface area contributed by atoms with Gasteiger partial charge in [0.15, 0.2) is 5.82 Å². The summed E-state index contributed by atoms with van der Waals surface area (Å²) in [6.45, 7) is 4.38. The van der Waals surface area contributed by atoms with Gasteiger partial charge in [0.1, 0.15) is 5.65 Å². The first-order valence-electron chi connectivity index (χ1n) is 8.76. The minimum Gasteiger partial charge on any atom is -0.352 e. The van der Waals surface area contributed by atoms with Crippen molar-refractivity contribution in [3.8, 4) is 5.82 Å². The van der Waals surface area contributed by atoms with Crippen LogP contribution < -0.4 is 5.32 Å². The summed E-state index contributed by atoms with van der Waals surface area (Å²) < 4.78 is 3.71. The van der Waals surface area contributed by atoms with E-state index in [1.54, 1.807) is 10.9 Å². The number of carbonyl (C=O) groups excluding carboxylic acids is 1. The van der Waals surface area contributed by atoms with Crippen LogP contribution in [0, 0.1) is 13.8 Å². The lowest BCUT2D eigenvalue weighted by Gasteiger charge is -2.06. The highest BCUT2D eigenvalue weighted by molar-refractivity contribution is 5.78. The van der Waals surface area contributed by atoms with Gasteiger partial charge in [-0.1, -0.05) is 12.1 Å². The van der Waals surface area contributed by atoms with E-state index in [0.717, 1.165) is 34.1 Å². The maximum absolute atomic E-state index is 12.2. The fourth-order valence-corrected chi connectivity index (χ4v) is 3.01. The highest BCUT2D eigenvalue weighted by Crippen LogP contribution is 2.10. The monoisotopic (exact) mass is 360 g/mol. The Morgan fingerprint density at radius 1 is 1.19 bits per heavy atom. The summed E-state index contributed by atoms with van der Waals surface area (Å²) in [5, 5.41) is 7.34. The van der Waals surface area contributed by atoms with Crippen molar-refractivity contribution < 1.29 is 4.79 Å². The predicted molar refractivity (Wildman–Crippen MR) is 102 cm³/mol. The molecule has 0 saturated heterocycles. The van der Waals surface area contributed by atoms with Crippen molar-refractivity contribution in [3.05, 3.63) is 77.6 Å². The molecule has 0 fully saturated rings. The zero-order chi connectivity index (χ0) is 18.8. The van der Waals surface area contributed by atoms with Gasteiger partial charge in [0, 0.05) is 30.8 Å². The van der Waals surface area contributed by atoms with Crippen LogP contribution >= 0.6 is 0 Å². The second kappa shape index (κ2) is 7.03. The van der Waals surface area contributed by atoms with Crippen molar-refractivity contribution in [2.75, 3.05) is 0 Å². The van der Waals surface area contributed by atoms with E-state index in [4.69, 9.17) is 0 Å². The Labute approximate surface area is 156 Å². The summed E-state index contributed by atoms with van der Waals surface area (Å²) in [7, 11) is 0. The molecule has 7 heteroatoms.